The number of piperidine rings is 1. The predicted molar refractivity (Wildman–Crippen MR) is 118 cm³/mol. The van der Waals surface area contributed by atoms with Gasteiger partial charge in [-0.15, -0.1) is 0 Å². The molecule has 1 amide bonds. The fraction of sp³-hybridized carbons (Fsp3) is 0.435. The summed E-state index contributed by atoms with van der Waals surface area (Å²) in [6, 6.07) is 13.1. The van der Waals surface area contributed by atoms with Crippen molar-refractivity contribution < 1.29 is 18.1 Å². The number of carbonyl (C=O) groups excluding carboxylic acids is 1. The van der Waals surface area contributed by atoms with Crippen molar-refractivity contribution in [3.8, 4) is 0 Å². The Morgan fingerprint density at radius 1 is 1.00 bits per heavy atom. The normalized spacial score (nSPS) is 15.3. The van der Waals surface area contributed by atoms with E-state index in [1.54, 1.807) is 19.1 Å². The molecule has 2 aromatic carbocycles. The van der Waals surface area contributed by atoms with E-state index in [9.17, 15) is 13.2 Å². The number of carbonyl (C=O) groups is 1. The third kappa shape index (κ3) is 5.47. The Hall–Kier alpha value is -2.22. The first-order chi connectivity index (χ1) is 14.3. The van der Waals surface area contributed by atoms with Gasteiger partial charge in [-0.3, -0.25) is 4.79 Å². The van der Waals surface area contributed by atoms with Crippen LogP contribution in [0, 0.1) is 6.92 Å². The molecule has 30 heavy (non-hydrogen) atoms. The Kier molecular flexibility index (Phi) is 7.28. The number of amides is 1. The molecule has 0 spiro atoms. The molecule has 6 nitrogen and oxygen atoms in total. The van der Waals surface area contributed by atoms with Gasteiger partial charge in [0.2, 0.25) is 10.0 Å². The third-order valence-corrected chi connectivity index (χ3v) is 7.46. The molecular weight excluding hydrogens is 398 g/mol. The van der Waals surface area contributed by atoms with Gasteiger partial charge in [0.05, 0.1) is 19.0 Å². The Bertz CT molecular complexity index is 979. The summed E-state index contributed by atoms with van der Waals surface area (Å²) >= 11 is 0. The van der Waals surface area contributed by atoms with Crippen LogP contribution in [0.15, 0.2) is 47.4 Å². The van der Waals surface area contributed by atoms with E-state index in [0.717, 1.165) is 31.4 Å². The number of hydrogen-bond acceptors (Lipinski definition) is 3. The van der Waals surface area contributed by atoms with Gasteiger partial charge in [-0.1, -0.05) is 36.8 Å². The van der Waals surface area contributed by atoms with Gasteiger partial charge in [-0.25, -0.2) is 8.42 Å². The summed E-state index contributed by atoms with van der Waals surface area (Å²) in [7, 11) is 0.634. The average Bonchev–Trinajstić information content (AvgIpc) is 2.73. The van der Waals surface area contributed by atoms with Crippen LogP contribution in [0.25, 0.3) is 0 Å². The summed E-state index contributed by atoms with van der Waals surface area (Å²) in [4.78, 5) is 14.3. The second-order valence-corrected chi connectivity index (χ2v) is 10.2. The van der Waals surface area contributed by atoms with E-state index in [1.807, 2.05) is 12.1 Å². The molecule has 0 atom stereocenters. The second kappa shape index (κ2) is 9.73. The van der Waals surface area contributed by atoms with E-state index < -0.39 is 10.0 Å². The first kappa shape index (κ1) is 22.5. The Labute approximate surface area is 179 Å². The third-order valence-electron chi connectivity index (χ3n) is 5.42. The van der Waals surface area contributed by atoms with Crippen molar-refractivity contribution in [2.75, 3.05) is 27.2 Å². The highest BCUT2D eigenvalue weighted by atomic mass is 32.2. The lowest BCUT2D eigenvalue weighted by Gasteiger charge is -2.26. The van der Waals surface area contributed by atoms with Crippen LogP contribution in [0.1, 0.15) is 46.3 Å². The van der Waals surface area contributed by atoms with Crippen molar-refractivity contribution in [1.82, 2.24) is 9.62 Å². The molecular formula is C23H32N3O3S+. The monoisotopic (exact) mass is 430 g/mol. The van der Waals surface area contributed by atoms with Gasteiger partial charge in [0.25, 0.3) is 5.91 Å². The predicted octanol–water partition coefficient (Wildman–Crippen LogP) is 1.74. The van der Waals surface area contributed by atoms with Crippen LogP contribution >= 0.6 is 0 Å². The molecule has 1 aliphatic heterocycles. The van der Waals surface area contributed by atoms with E-state index in [4.69, 9.17) is 0 Å². The van der Waals surface area contributed by atoms with E-state index >= 15 is 0 Å². The first-order valence-electron chi connectivity index (χ1n) is 10.5. The van der Waals surface area contributed by atoms with Gasteiger partial charge in [0.1, 0.15) is 6.54 Å². The number of nitrogens with one attached hydrogen (secondary N) is 2. The van der Waals surface area contributed by atoms with Crippen LogP contribution in [0.3, 0.4) is 0 Å². The van der Waals surface area contributed by atoms with Gasteiger partial charge in [0, 0.05) is 30.8 Å². The molecule has 162 valence electrons. The van der Waals surface area contributed by atoms with Crippen LogP contribution in [0.2, 0.25) is 0 Å². The average molecular weight is 431 g/mol. The second-order valence-electron chi connectivity index (χ2n) is 8.33. The number of quaternary nitrogens is 1. The minimum Gasteiger partial charge on any atom is -0.348 e. The summed E-state index contributed by atoms with van der Waals surface area (Å²) in [6.45, 7) is 4.21. The van der Waals surface area contributed by atoms with Gasteiger partial charge < -0.3 is 10.2 Å². The molecule has 0 aliphatic carbocycles. The highest BCUT2D eigenvalue weighted by Crippen LogP contribution is 2.24. The number of aryl methyl sites for hydroxylation is 1. The summed E-state index contributed by atoms with van der Waals surface area (Å²) in [5.74, 6) is -0.271. The fourth-order valence-corrected chi connectivity index (χ4v) is 5.50. The molecule has 1 heterocycles. The zero-order chi connectivity index (χ0) is 21.7. The Morgan fingerprint density at radius 2 is 1.63 bits per heavy atom. The minimum atomic E-state index is -3.58. The van der Waals surface area contributed by atoms with Gasteiger partial charge in [0.15, 0.2) is 0 Å². The number of benzene rings is 2. The molecule has 0 radical (unpaired) electrons. The largest absolute Gasteiger partial charge is 0.348 e. The Balaban J connectivity index is 1.70. The highest BCUT2D eigenvalue weighted by Gasteiger charge is 2.28. The van der Waals surface area contributed by atoms with Crippen molar-refractivity contribution in [3.63, 3.8) is 0 Å². The first-order valence-corrected chi connectivity index (χ1v) is 12.0. The maximum Gasteiger partial charge on any atom is 0.251 e. The van der Waals surface area contributed by atoms with Crippen LogP contribution in [0.4, 0.5) is 0 Å². The molecule has 0 saturated carbocycles. The summed E-state index contributed by atoms with van der Waals surface area (Å²) in [5, 5.41) is 2.90. The summed E-state index contributed by atoms with van der Waals surface area (Å²) < 4.78 is 27.7. The number of hydrogen-bond donors (Lipinski definition) is 2. The number of sulfonamides is 1. The fourth-order valence-electron chi connectivity index (χ4n) is 3.73. The van der Waals surface area contributed by atoms with Crippen LogP contribution in [-0.4, -0.2) is 45.8 Å². The van der Waals surface area contributed by atoms with E-state index in [-0.39, 0.29) is 10.8 Å². The van der Waals surface area contributed by atoms with Gasteiger partial charge >= 0.3 is 0 Å². The molecule has 3 rings (SSSR count). The molecule has 1 saturated heterocycles. The van der Waals surface area contributed by atoms with Crippen LogP contribution in [0.5, 0.6) is 0 Å². The molecule has 0 aromatic heterocycles. The number of nitrogens with zero attached hydrogens (tertiary/aromatic N) is 1. The van der Waals surface area contributed by atoms with Crippen molar-refractivity contribution in [2.24, 2.45) is 0 Å². The maximum atomic E-state index is 13.1. The summed E-state index contributed by atoms with van der Waals surface area (Å²) in [5.41, 5.74) is 3.28. The van der Waals surface area contributed by atoms with Crippen LogP contribution < -0.4 is 10.2 Å². The smallest absolute Gasteiger partial charge is 0.251 e. The Morgan fingerprint density at radius 3 is 2.27 bits per heavy atom. The van der Waals surface area contributed by atoms with Crippen molar-refractivity contribution in [1.29, 1.82) is 0 Å². The lowest BCUT2D eigenvalue weighted by molar-refractivity contribution is -0.872. The van der Waals surface area contributed by atoms with Crippen molar-refractivity contribution in [3.05, 3.63) is 64.7 Å². The van der Waals surface area contributed by atoms with E-state index in [1.165, 1.54) is 20.8 Å². The van der Waals surface area contributed by atoms with E-state index in [2.05, 4.69) is 31.5 Å². The quantitative estimate of drug-likeness (QED) is 0.703. The highest BCUT2D eigenvalue weighted by molar-refractivity contribution is 7.89. The molecule has 2 N–H and O–H groups in total. The zero-order valence-electron chi connectivity index (χ0n) is 18.1. The lowest BCUT2D eigenvalue weighted by atomic mass is 10.1. The molecule has 0 bridgehead atoms. The lowest BCUT2D eigenvalue weighted by Crippen LogP contribution is -3.04. The topological polar surface area (TPSA) is 70.9 Å². The molecule has 0 unspecified atom stereocenters. The standard InChI is InChI=1S/C23H31N3O3S/c1-18-7-12-21(15-22(18)30(28,29)26-13-5-4-6-14-26)23(27)24-16-19-8-10-20(11-9-19)17-25(2)3/h7-12,15H,4-6,13-14,16-17H2,1-3H3,(H,24,27)/p+1. The minimum absolute atomic E-state index is 0.229. The van der Waals surface area contributed by atoms with Crippen molar-refractivity contribution in [2.45, 2.75) is 44.2 Å². The number of rotatable bonds is 7. The van der Waals surface area contributed by atoms with Gasteiger partial charge in [-0.2, -0.15) is 4.31 Å². The van der Waals surface area contributed by atoms with Crippen LogP contribution in [-0.2, 0) is 23.1 Å². The summed E-state index contributed by atoms with van der Waals surface area (Å²) in [6.07, 6.45) is 2.82. The van der Waals surface area contributed by atoms with Crippen molar-refractivity contribution >= 4 is 15.9 Å². The molecule has 1 aliphatic rings. The zero-order valence-corrected chi connectivity index (χ0v) is 18.9. The maximum absolute atomic E-state index is 13.1. The SMILES string of the molecule is Cc1ccc(C(=O)NCc2ccc(C[NH+](C)C)cc2)cc1S(=O)(=O)N1CCCCC1. The van der Waals surface area contributed by atoms with E-state index in [0.29, 0.717) is 30.8 Å². The molecule has 1 fully saturated rings. The molecule has 2 aromatic rings. The molecule has 7 heteroatoms. The van der Waals surface area contributed by atoms with Gasteiger partial charge in [-0.05, 0) is 43.0 Å².